The Hall–Kier alpha value is -3.15. The largest absolute Gasteiger partial charge is 0.436 e. The quantitative estimate of drug-likeness (QED) is 0.405. The fraction of sp³-hybridized carbons (Fsp3) is 0.474. The first-order valence-electron chi connectivity index (χ1n) is 9.70. The van der Waals surface area contributed by atoms with Gasteiger partial charge in [-0.15, -0.1) is 0 Å². The molecule has 0 amide bonds. The molecule has 166 valence electrons. The average molecular weight is 438 g/mol. The molecule has 31 heavy (non-hydrogen) atoms. The van der Waals surface area contributed by atoms with Crippen LogP contribution in [0.5, 0.6) is 6.01 Å². The molecule has 1 aromatic carbocycles. The maximum atomic E-state index is 12.6. The first kappa shape index (κ1) is 21.1. The molecular weight excluding hydrogens is 417 g/mol. The van der Waals surface area contributed by atoms with Crippen molar-refractivity contribution in [2.75, 3.05) is 32.7 Å². The molecule has 4 rings (SSSR count). The summed E-state index contributed by atoms with van der Waals surface area (Å²) in [5, 5.41) is 17.1. The summed E-state index contributed by atoms with van der Waals surface area (Å²) in [5.74, 6) is -0.225. The summed E-state index contributed by atoms with van der Waals surface area (Å²) >= 11 is 0. The van der Waals surface area contributed by atoms with E-state index in [4.69, 9.17) is 4.74 Å². The molecule has 0 spiro atoms. The van der Waals surface area contributed by atoms with Crippen LogP contribution in [-0.4, -0.2) is 68.9 Å². The topological polar surface area (TPSA) is 89.0 Å². The summed E-state index contributed by atoms with van der Waals surface area (Å²) in [7, 11) is 0. The molecule has 1 saturated heterocycles. The number of imidazole rings is 1. The van der Waals surface area contributed by atoms with Gasteiger partial charge >= 0.3 is 18.0 Å². The number of aromatic nitrogens is 2. The minimum atomic E-state index is -4.35. The van der Waals surface area contributed by atoms with Crippen molar-refractivity contribution < 1.29 is 22.8 Å². The Morgan fingerprint density at radius 2 is 1.94 bits per heavy atom. The summed E-state index contributed by atoms with van der Waals surface area (Å²) in [6, 6.07) is 5.14. The number of rotatable bonds is 5. The van der Waals surface area contributed by atoms with Gasteiger partial charge in [-0.3, -0.25) is 14.5 Å². The minimum absolute atomic E-state index is 0.225. The zero-order valence-electron chi connectivity index (χ0n) is 16.7. The van der Waals surface area contributed by atoms with Crippen LogP contribution in [-0.2, 0) is 12.7 Å². The third kappa shape index (κ3) is 4.79. The second-order valence-corrected chi connectivity index (χ2v) is 7.91. The van der Waals surface area contributed by atoms with E-state index in [1.807, 2.05) is 11.9 Å². The van der Waals surface area contributed by atoms with Crippen molar-refractivity contribution in [2.24, 2.45) is 5.10 Å². The monoisotopic (exact) mass is 438 g/mol. The lowest BCUT2D eigenvalue weighted by molar-refractivity contribution is -0.389. The molecule has 2 aliphatic rings. The predicted molar refractivity (Wildman–Crippen MR) is 105 cm³/mol. The van der Waals surface area contributed by atoms with E-state index in [1.165, 1.54) is 18.3 Å². The fourth-order valence-electron chi connectivity index (χ4n) is 3.75. The van der Waals surface area contributed by atoms with E-state index in [1.54, 1.807) is 10.8 Å². The fourth-order valence-corrected chi connectivity index (χ4v) is 3.75. The first-order chi connectivity index (χ1) is 14.6. The van der Waals surface area contributed by atoms with Crippen LogP contribution >= 0.6 is 0 Å². The second-order valence-electron chi connectivity index (χ2n) is 7.91. The third-order valence-electron chi connectivity index (χ3n) is 5.27. The van der Waals surface area contributed by atoms with Gasteiger partial charge in [0.1, 0.15) is 11.8 Å². The van der Waals surface area contributed by atoms with Crippen molar-refractivity contribution >= 4 is 12.0 Å². The van der Waals surface area contributed by atoms with E-state index in [0.29, 0.717) is 31.7 Å². The smallest absolute Gasteiger partial charge is 0.416 e. The van der Waals surface area contributed by atoms with Gasteiger partial charge in [-0.1, -0.05) is 12.1 Å². The molecule has 0 unspecified atom stereocenters. The Bertz CT molecular complexity index is 957. The molecule has 9 nitrogen and oxygen atoms in total. The van der Waals surface area contributed by atoms with Crippen molar-refractivity contribution in [3.8, 4) is 6.01 Å². The number of hydrogen-bond acceptors (Lipinski definition) is 7. The lowest BCUT2D eigenvalue weighted by atomic mass is 10.1. The molecule has 0 N–H and O–H groups in total. The number of fused-ring (bicyclic) bond motifs is 1. The zero-order valence-corrected chi connectivity index (χ0v) is 16.7. The number of piperazine rings is 1. The Balaban J connectivity index is 1.26. The molecule has 1 aromatic heterocycles. The predicted octanol–water partition coefficient (Wildman–Crippen LogP) is 2.61. The summed E-state index contributed by atoms with van der Waals surface area (Å²) < 4.78 is 45.4. The number of halogens is 3. The standard InChI is InChI=1S/C19H21F3N6O3/c1-18(13-26-11-16(28(29)30)24-17(26)31-18)12-25-6-8-27(9-7-25)23-10-14-2-4-15(5-3-14)19(20,21)22/h2-5,10-11H,6-9,12-13H2,1H3/t18-/m1/s1. The first-order valence-corrected chi connectivity index (χ1v) is 9.70. The molecule has 0 radical (unpaired) electrons. The normalized spacial score (nSPS) is 22.0. The SMILES string of the molecule is C[C@@]1(CN2CCN(N=Cc3ccc(C(F)(F)F)cc3)CC2)Cn2cc([N+](=O)[O-])nc2O1. The van der Waals surface area contributed by atoms with Crippen LogP contribution in [0.25, 0.3) is 0 Å². The molecule has 2 aromatic rings. The number of alkyl halides is 3. The second kappa shape index (κ2) is 7.84. The lowest BCUT2D eigenvalue weighted by Crippen LogP contribution is -2.51. The number of hydrazone groups is 1. The zero-order chi connectivity index (χ0) is 22.2. The molecule has 1 atom stereocenters. The van der Waals surface area contributed by atoms with Crippen LogP contribution in [0.2, 0.25) is 0 Å². The van der Waals surface area contributed by atoms with E-state index >= 15 is 0 Å². The van der Waals surface area contributed by atoms with Crippen LogP contribution < -0.4 is 4.74 Å². The molecule has 2 aliphatic heterocycles. The van der Waals surface area contributed by atoms with Crippen molar-refractivity contribution in [2.45, 2.75) is 25.2 Å². The number of nitro groups is 1. The molecule has 0 aliphatic carbocycles. The lowest BCUT2D eigenvalue weighted by Gasteiger charge is -2.36. The van der Waals surface area contributed by atoms with Crippen LogP contribution in [0, 0.1) is 10.1 Å². The Labute approximate surface area is 175 Å². The molecular formula is C19H21F3N6O3. The van der Waals surface area contributed by atoms with E-state index in [0.717, 1.165) is 25.2 Å². The van der Waals surface area contributed by atoms with Gasteiger partial charge in [-0.25, -0.2) is 0 Å². The highest BCUT2D eigenvalue weighted by atomic mass is 19.4. The van der Waals surface area contributed by atoms with Gasteiger partial charge < -0.3 is 14.9 Å². The highest BCUT2D eigenvalue weighted by molar-refractivity contribution is 5.79. The molecule has 0 bridgehead atoms. The van der Waals surface area contributed by atoms with E-state index in [2.05, 4.69) is 15.0 Å². The van der Waals surface area contributed by atoms with Crippen molar-refractivity contribution in [1.82, 2.24) is 19.5 Å². The molecule has 1 fully saturated rings. The Morgan fingerprint density at radius 3 is 2.52 bits per heavy atom. The summed E-state index contributed by atoms with van der Waals surface area (Å²) in [6.45, 7) is 5.89. The highest BCUT2D eigenvalue weighted by Crippen LogP contribution is 2.32. The van der Waals surface area contributed by atoms with Gasteiger partial charge in [0.15, 0.2) is 0 Å². The third-order valence-corrected chi connectivity index (χ3v) is 5.27. The van der Waals surface area contributed by atoms with Crippen molar-refractivity contribution in [3.63, 3.8) is 0 Å². The summed E-state index contributed by atoms with van der Waals surface area (Å²) in [5.41, 5.74) is -0.605. The highest BCUT2D eigenvalue weighted by Gasteiger charge is 2.41. The van der Waals surface area contributed by atoms with Crippen molar-refractivity contribution in [1.29, 1.82) is 0 Å². The average Bonchev–Trinajstić information content (AvgIpc) is 3.22. The Kier molecular flexibility index (Phi) is 5.33. The van der Waals surface area contributed by atoms with Crippen LogP contribution in [0.3, 0.4) is 0 Å². The van der Waals surface area contributed by atoms with Crippen LogP contribution in [0.1, 0.15) is 18.1 Å². The van der Waals surface area contributed by atoms with Gasteiger partial charge in [0.05, 0.1) is 18.3 Å². The molecule has 3 heterocycles. The van der Waals surface area contributed by atoms with Gasteiger partial charge in [0, 0.05) is 37.7 Å². The molecule has 12 heteroatoms. The number of hydrogen-bond donors (Lipinski definition) is 0. The maximum Gasteiger partial charge on any atom is 0.416 e. The number of ether oxygens (including phenoxy) is 1. The summed E-state index contributed by atoms with van der Waals surface area (Å²) in [6.07, 6.45) is -1.41. The van der Waals surface area contributed by atoms with Crippen molar-refractivity contribution in [3.05, 3.63) is 51.7 Å². The van der Waals surface area contributed by atoms with E-state index in [-0.39, 0.29) is 11.8 Å². The van der Waals surface area contributed by atoms with Gasteiger partial charge in [-0.05, 0) is 29.5 Å². The molecule has 0 saturated carbocycles. The van der Waals surface area contributed by atoms with Crippen LogP contribution in [0.15, 0.2) is 35.6 Å². The summed E-state index contributed by atoms with van der Waals surface area (Å²) in [4.78, 5) is 16.4. The van der Waals surface area contributed by atoms with E-state index in [9.17, 15) is 23.3 Å². The number of benzene rings is 1. The van der Waals surface area contributed by atoms with Gasteiger partial charge in [-0.2, -0.15) is 18.3 Å². The maximum absolute atomic E-state index is 12.6. The number of nitrogens with zero attached hydrogens (tertiary/aromatic N) is 6. The Morgan fingerprint density at radius 1 is 1.26 bits per heavy atom. The van der Waals surface area contributed by atoms with Gasteiger partial charge in [0.2, 0.25) is 0 Å². The van der Waals surface area contributed by atoms with Crippen LogP contribution in [0.4, 0.5) is 19.0 Å². The van der Waals surface area contributed by atoms with E-state index < -0.39 is 22.3 Å². The minimum Gasteiger partial charge on any atom is -0.436 e. The van der Waals surface area contributed by atoms with Gasteiger partial charge in [0.25, 0.3) is 0 Å².